The Balaban J connectivity index is 1.66. The molecule has 0 saturated carbocycles. The maximum atomic E-state index is 13.0. The van der Waals surface area contributed by atoms with Crippen LogP contribution in [0.5, 0.6) is 0 Å². The topological polar surface area (TPSA) is 62.2 Å². The quantitative estimate of drug-likeness (QED) is 0.819. The van der Waals surface area contributed by atoms with Gasteiger partial charge in [-0.15, -0.1) is 11.3 Å². The zero-order chi connectivity index (χ0) is 17.1. The van der Waals surface area contributed by atoms with Gasteiger partial charge in [0.1, 0.15) is 10.7 Å². The highest BCUT2D eigenvalue weighted by molar-refractivity contribution is 7.13. The van der Waals surface area contributed by atoms with Crippen LogP contribution in [0, 0.1) is 18.7 Å². The first kappa shape index (κ1) is 16.8. The fraction of sp³-hybridized carbons (Fsp3) is 0.333. The lowest BCUT2D eigenvalue weighted by Crippen LogP contribution is -2.32. The second-order valence-corrected chi connectivity index (χ2v) is 7.05. The van der Waals surface area contributed by atoms with Gasteiger partial charge in [-0.2, -0.15) is 0 Å². The van der Waals surface area contributed by atoms with Crippen LogP contribution in [0.2, 0.25) is 0 Å². The predicted molar refractivity (Wildman–Crippen MR) is 91.6 cm³/mol. The number of carbonyl (C=O) groups is 1. The number of amides is 1. The molecule has 2 aromatic rings. The number of carbonyl (C=O) groups excluding carboxylic acids is 1. The van der Waals surface area contributed by atoms with Crippen molar-refractivity contribution in [2.75, 3.05) is 6.61 Å². The van der Waals surface area contributed by atoms with Crippen molar-refractivity contribution in [1.82, 2.24) is 10.3 Å². The van der Waals surface area contributed by atoms with Gasteiger partial charge >= 0.3 is 0 Å². The number of aryl methyl sites for hydroxylation is 1. The summed E-state index contributed by atoms with van der Waals surface area (Å²) in [4.78, 5) is 17.5. The van der Waals surface area contributed by atoms with Crippen molar-refractivity contribution in [3.8, 4) is 0 Å². The van der Waals surface area contributed by atoms with Crippen LogP contribution in [0.15, 0.2) is 36.4 Å². The summed E-state index contributed by atoms with van der Waals surface area (Å²) in [5.74, 6) is -0.282. The lowest BCUT2D eigenvalue weighted by atomic mass is 10.1. The molecule has 1 aliphatic rings. The first-order valence-corrected chi connectivity index (χ1v) is 8.67. The van der Waals surface area contributed by atoms with Crippen molar-refractivity contribution in [3.63, 3.8) is 0 Å². The number of hydrogen-bond donors (Lipinski definition) is 2. The zero-order valence-corrected chi connectivity index (χ0v) is 14.1. The van der Waals surface area contributed by atoms with Crippen LogP contribution in [0.1, 0.15) is 32.4 Å². The van der Waals surface area contributed by atoms with E-state index in [2.05, 4.69) is 10.3 Å². The molecule has 0 fully saturated rings. The number of benzene rings is 1. The Morgan fingerprint density at radius 3 is 2.79 bits per heavy atom. The average molecular weight is 346 g/mol. The fourth-order valence-corrected chi connectivity index (χ4v) is 3.77. The molecule has 0 spiro atoms. The van der Waals surface area contributed by atoms with Gasteiger partial charge in [0.15, 0.2) is 0 Å². The van der Waals surface area contributed by atoms with Gasteiger partial charge < -0.3 is 10.4 Å². The van der Waals surface area contributed by atoms with Gasteiger partial charge in [0, 0.05) is 25.0 Å². The number of halogens is 1. The molecule has 1 aromatic heterocycles. The molecule has 2 atom stereocenters. The highest BCUT2D eigenvalue weighted by Gasteiger charge is 2.22. The number of thiazole rings is 1. The molecule has 0 radical (unpaired) electrons. The largest absolute Gasteiger partial charge is 0.396 e. The molecule has 1 aliphatic carbocycles. The Morgan fingerprint density at radius 1 is 1.38 bits per heavy atom. The van der Waals surface area contributed by atoms with Gasteiger partial charge in [0.25, 0.3) is 5.91 Å². The van der Waals surface area contributed by atoms with Crippen molar-refractivity contribution in [2.24, 2.45) is 5.92 Å². The Bertz CT molecular complexity index is 755. The van der Waals surface area contributed by atoms with Crippen LogP contribution in [0.3, 0.4) is 0 Å². The van der Waals surface area contributed by atoms with E-state index >= 15 is 0 Å². The van der Waals surface area contributed by atoms with Gasteiger partial charge in [-0.3, -0.25) is 4.79 Å². The molecule has 1 heterocycles. The standard InChI is InChI=1S/C18H19FN2O2S/c1-11-17(18(23)21-15-7-4-13(8-15)10-22)24-16(20-11)9-12-2-5-14(19)6-3-12/h2-7,13,15,22H,8-10H2,1H3,(H,21,23)/t13-,15+/m0/s1. The molecule has 3 rings (SSSR count). The van der Waals surface area contributed by atoms with Crippen molar-refractivity contribution in [2.45, 2.75) is 25.8 Å². The summed E-state index contributed by atoms with van der Waals surface area (Å²) in [5.41, 5.74) is 1.66. The van der Waals surface area contributed by atoms with E-state index in [1.165, 1.54) is 23.5 Å². The summed E-state index contributed by atoms with van der Waals surface area (Å²) < 4.78 is 13.0. The van der Waals surface area contributed by atoms with E-state index in [1.807, 2.05) is 19.1 Å². The molecule has 126 valence electrons. The van der Waals surface area contributed by atoms with Gasteiger partial charge in [-0.1, -0.05) is 24.3 Å². The van der Waals surface area contributed by atoms with E-state index in [-0.39, 0.29) is 30.3 Å². The van der Waals surface area contributed by atoms with Crippen LogP contribution in [-0.4, -0.2) is 28.6 Å². The second kappa shape index (κ2) is 7.23. The normalized spacial score (nSPS) is 19.6. The molecular formula is C18H19FN2O2S. The average Bonchev–Trinajstić information content (AvgIpc) is 3.16. The third-order valence-electron chi connectivity index (χ3n) is 4.04. The minimum atomic E-state index is -0.264. The molecule has 0 saturated heterocycles. The SMILES string of the molecule is Cc1nc(Cc2ccc(F)cc2)sc1C(=O)N[C@@H]1C=C[C@H](CO)C1. The van der Waals surface area contributed by atoms with Crippen molar-refractivity contribution < 1.29 is 14.3 Å². The molecule has 2 N–H and O–H groups in total. The number of aliphatic hydroxyl groups is 1. The minimum Gasteiger partial charge on any atom is -0.396 e. The summed E-state index contributed by atoms with van der Waals surface area (Å²) >= 11 is 1.37. The molecule has 0 aliphatic heterocycles. The van der Waals surface area contributed by atoms with Gasteiger partial charge in [0.05, 0.1) is 10.7 Å². The number of rotatable bonds is 5. The van der Waals surface area contributed by atoms with Crippen molar-refractivity contribution in [3.05, 3.63) is 63.4 Å². The van der Waals surface area contributed by atoms with E-state index in [0.29, 0.717) is 17.0 Å². The minimum absolute atomic E-state index is 0.0447. The molecule has 4 nitrogen and oxygen atoms in total. The molecule has 1 amide bonds. The molecule has 1 aromatic carbocycles. The number of hydrogen-bond acceptors (Lipinski definition) is 4. The van der Waals surface area contributed by atoms with Crippen LogP contribution in [-0.2, 0) is 6.42 Å². The molecule has 0 unspecified atom stereocenters. The second-order valence-electron chi connectivity index (χ2n) is 5.97. The van der Waals surface area contributed by atoms with E-state index in [4.69, 9.17) is 5.11 Å². The maximum absolute atomic E-state index is 13.0. The number of aromatic nitrogens is 1. The molecule has 6 heteroatoms. The van der Waals surface area contributed by atoms with Crippen LogP contribution in [0.25, 0.3) is 0 Å². The first-order chi connectivity index (χ1) is 11.5. The number of nitrogens with zero attached hydrogens (tertiary/aromatic N) is 1. The van der Waals surface area contributed by atoms with E-state index < -0.39 is 0 Å². The Morgan fingerprint density at radius 2 is 2.12 bits per heavy atom. The number of aliphatic hydroxyl groups excluding tert-OH is 1. The van der Waals surface area contributed by atoms with E-state index in [1.54, 1.807) is 12.1 Å². The fourth-order valence-electron chi connectivity index (χ4n) is 2.77. The van der Waals surface area contributed by atoms with Crippen molar-refractivity contribution in [1.29, 1.82) is 0 Å². The smallest absolute Gasteiger partial charge is 0.263 e. The first-order valence-electron chi connectivity index (χ1n) is 7.86. The van der Waals surface area contributed by atoms with E-state index in [0.717, 1.165) is 17.0 Å². The Kier molecular flexibility index (Phi) is 5.06. The highest BCUT2D eigenvalue weighted by atomic mass is 32.1. The predicted octanol–water partition coefficient (Wildman–Crippen LogP) is 2.85. The summed E-state index contributed by atoms with van der Waals surface area (Å²) in [6.07, 6.45) is 5.16. The summed E-state index contributed by atoms with van der Waals surface area (Å²) in [7, 11) is 0. The Hall–Kier alpha value is -2.05. The van der Waals surface area contributed by atoms with Gasteiger partial charge in [0.2, 0.25) is 0 Å². The lowest BCUT2D eigenvalue weighted by Gasteiger charge is -2.11. The summed E-state index contributed by atoms with van der Waals surface area (Å²) in [6.45, 7) is 1.92. The van der Waals surface area contributed by atoms with Crippen LogP contribution < -0.4 is 5.32 Å². The third-order valence-corrected chi connectivity index (χ3v) is 5.20. The highest BCUT2D eigenvalue weighted by Crippen LogP contribution is 2.23. The molecule has 0 bridgehead atoms. The monoisotopic (exact) mass is 346 g/mol. The van der Waals surface area contributed by atoms with Crippen LogP contribution in [0.4, 0.5) is 4.39 Å². The zero-order valence-electron chi connectivity index (χ0n) is 13.3. The molecular weight excluding hydrogens is 327 g/mol. The van der Waals surface area contributed by atoms with Crippen molar-refractivity contribution >= 4 is 17.2 Å². The van der Waals surface area contributed by atoms with Gasteiger partial charge in [-0.05, 0) is 31.0 Å². The van der Waals surface area contributed by atoms with Crippen LogP contribution >= 0.6 is 11.3 Å². The summed E-state index contributed by atoms with van der Waals surface area (Å²) in [5, 5.41) is 12.9. The van der Waals surface area contributed by atoms with Gasteiger partial charge in [-0.25, -0.2) is 9.37 Å². The van der Waals surface area contributed by atoms with E-state index in [9.17, 15) is 9.18 Å². The maximum Gasteiger partial charge on any atom is 0.263 e. The third kappa shape index (κ3) is 3.88. The number of nitrogens with one attached hydrogen (secondary N) is 1. The lowest BCUT2D eigenvalue weighted by molar-refractivity contribution is 0.0944. The Labute approximate surface area is 144 Å². The summed E-state index contributed by atoms with van der Waals surface area (Å²) in [6, 6.07) is 6.26. The molecule has 24 heavy (non-hydrogen) atoms.